The fourth-order valence-corrected chi connectivity index (χ4v) is 2.49. The molecule has 0 bridgehead atoms. The molecule has 0 amide bonds. The summed E-state index contributed by atoms with van der Waals surface area (Å²) in [5, 5.41) is 3.58. The molecular weight excluding hydrogens is 232 g/mol. The van der Waals surface area contributed by atoms with Crippen LogP contribution in [-0.4, -0.2) is 30.6 Å². The maximum Gasteiger partial charge on any atom is 0.0247 e. The van der Waals surface area contributed by atoms with Crippen LogP contribution in [0.2, 0.25) is 0 Å². The molecule has 1 N–H and O–H groups in total. The fraction of sp³-hybridized carbons (Fsp3) is 0.647. The summed E-state index contributed by atoms with van der Waals surface area (Å²) < 4.78 is 0. The van der Waals surface area contributed by atoms with E-state index >= 15 is 0 Å². The van der Waals surface area contributed by atoms with Gasteiger partial charge in [0.05, 0.1) is 0 Å². The standard InChI is InChI=1S/C17H30N2/c1-5-12-18-13-17(15(3)4)19(6-2)14-16-10-8-7-9-11-16/h7-11,15,17-18H,5-6,12-14H2,1-4H3. The van der Waals surface area contributed by atoms with Gasteiger partial charge in [0.15, 0.2) is 0 Å². The Hall–Kier alpha value is -0.860. The normalized spacial score (nSPS) is 13.2. The van der Waals surface area contributed by atoms with Gasteiger partial charge in [0.25, 0.3) is 0 Å². The van der Waals surface area contributed by atoms with Crippen LogP contribution in [0.15, 0.2) is 30.3 Å². The number of nitrogens with zero attached hydrogens (tertiary/aromatic N) is 1. The molecule has 2 heteroatoms. The maximum atomic E-state index is 3.58. The lowest BCUT2D eigenvalue weighted by atomic mass is 10.0. The van der Waals surface area contributed by atoms with Gasteiger partial charge >= 0.3 is 0 Å². The number of rotatable bonds is 9. The van der Waals surface area contributed by atoms with Crippen molar-refractivity contribution in [2.24, 2.45) is 5.92 Å². The molecular formula is C17H30N2. The lowest BCUT2D eigenvalue weighted by Crippen LogP contribution is -2.45. The zero-order chi connectivity index (χ0) is 14.1. The summed E-state index contributed by atoms with van der Waals surface area (Å²) in [6.45, 7) is 13.5. The van der Waals surface area contributed by atoms with Crippen molar-refractivity contribution in [3.05, 3.63) is 35.9 Å². The molecule has 108 valence electrons. The van der Waals surface area contributed by atoms with E-state index < -0.39 is 0 Å². The Bertz CT molecular complexity index is 321. The highest BCUT2D eigenvalue weighted by Gasteiger charge is 2.20. The zero-order valence-electron chi connectivity index (χ0n) is 13.0. The Kier molecular flexibility index (Phi) is 7.76. The van der Waals surface area contributed by atoms with Gasteiger partial charge in [-0.2, -0.15) is 0 Å². The summed E-state index contributed by atoms with van der Waals surface area (Å²) in [7, 11) is 0. The number of hydrogen-bond acceptors (Lipinski definition) is 2. The van der Waals surface area contributed by atoms with Crippen molar-refractivity contribution < 1.29 is 0 Å². The molecule has 0 saturated heterocycles. The second kappa shape index (κ2) is 9.11. The fourth-order valence-electron chi connectivity index (χ4n) is 2.49. The minimum absolute atomic E-state index is 0.608. The molecule has 0 aromatic heterocycles. The van der Waals surface area contributed by atoms with Gasteiger partial charge in [-0.3, -0.25) is 4.90 Å². The molecule has 1 atom stereocenters. The number of benzene rings is 1. The van der Waals surface area contributed by atoms with Gasteiger partial charge in [-0.15, -0.1) is 0 Å². The van der Waals surface area contributed by atoms with Gasteiger partial charge in [-0.1, -0.05) is 58.0 Å². The lowest BCUT2D eigenvalue weighted by molar-refractivity contribution is 0.151. The van der Waals surface area contributed by atoms with E-state index in [1.165, 1.54) is 12.0 Å². The summed E-state index contributed by atoms with van der Waals surface area (Å²) in [6.07, 6.45) is 1.20. The molecule has 0 spiro atoms. The third kappa shape index (κ3) is 5.75. The van der Waals surface area contributed by atoms with Crippen LogP contribution in [0, 0.1) is 5.92 Å². The first-order valence-electron chi connectivity index (χ1n) is 7.67. The third-order valence-electron chi connectivity index (χ3n) is 3.65. The SMILES string of the molecule is CCCNCC(C(C)C)N(CC)Cc1ccccc1. The van der Waals surface area contributed by atoms with E-state index in [-0.39, 0.29) is 0 Å². The molecule has 0 saturated carbocycles. The molecule has 0 heterocycles. The third-order valence-corrected chi connectivity index (χ3v) is 3.65. The molecule has 2 nitrogen and oxygen atoms in total. The Balaban J connectivity index is 2.62. The van der Waals surface area contributed by atoms with E-state index in [1.807, 2.05) is 0 Å². The van der Waals surface area contributed by atoms with E-state index in [0.717, 1.165) is 26.2 Å². The molecule has 0 fully saturated rings. The minimum atomic E-state index is 0.608. The predicted octanol–water partition coefficient (Wildman–Crippen LogP) is 3.53. The molecule has 1 unspecified atom stereocenters. The van der Waals surface area contributed by atoms with E-state index in [1.54, 1.807) is 0 Å². The van der Waals surface area contributed by atoms with E-state index in [0.29, 0.717) is 12.0 Å². The van der Waals surface area contributed by atoms with Crippen LogP contribution < -0.4 is 5.32 Å². The van der Waals surface area contributed by atoms with E-state index in [4.69, 9.17) is 0 Å². The molecule has 1 aromatic rings. The Morgan fingerprint density at radius 1 is 1.11 bits per heavy atom. The summed E-state index contributed by atoms with van der Waals surface area (Å²) in [5.74, 6) is 0.674. The van der Waals surface area contributed by atoms with Crippen molar-refractivity contribution in [1.82, 2.24) is 10.2 Å². The quantitative estimate of drug-likeness (QED) is 0.685. The highest BCUT2D eigenvalue weighted by atomic mass is 15.2. The minimum Gasteiger partial charge on any atom is -0.315 e. The zero-order valence-corrected chi connectivity index (χ0v) is 13.0. The van der Waals surface area contributed by atoms with Gasteiger partial charge < -0.3 is 5.32 Å². The van der Waals surface area contributed by atoms with Crippen LogP contribution in [-0.2, 0) is 6.54 Å². The molecule has 1 rings (SSSR count). The Morgan fingerprint density at radius 3 is 2.32 bits per heavy atom. The summed E-state index contributed by atoms with van der Waals surface area (Å²) in [4.78, 5) is 2.59. The number of nitrogens with one attached hydrogen (secondary N) is 1. The van der Waals surface area contributed by atoms with Gasteiger partial charge in [-0.25, -0.2) is 0 Å². The largest absolute Gasteiger partial charge is 0.315 e. The first-order valence-corrected chi connectivity index (χ1v) is 7.67. The second-order valence-corrected chi connectivity index (χ2v) is 5.56. The first-order chi connectivity index (χ1) is 9.19. The van der Waals surface area contributed by atoms with Crippen molar-refractivity contribution in [2.45, 2.75) is 46.7 Å². The van der Waals surface area contributed by atoms with Crippen molar-refractivity contribution in [1.29, 1.82) is 0 Å². The van der Waals surface area contributed by atoms with Crippen LogP contribution in [0.1, 0.15) is 39.7 Å². The average molecular weight is 262 g/mol. The van der Waals surface area contributed by atoms with E-state index in [9.17, 15) is 0 Å². The van der Waals surface area contributed by atoms with Crippen molar-refractivity contribution in [3.8, 4) is 0 Å². The Morgan fingerprint density at radius 2 is 1.79 bits per heavy atom. The van der Waals surface area contributed by atoms with Crippen molar-refractivity contribution in [2.75, 3.05) is 19.6 Å². The first kappa shape index (κ1) is 16.2. The molecule has 19 heavy (non-hydrogen) atoms. The van der Waals surface area contributed by atoms with Gasteiger partial charge in [-0.05, 0) is 31.0 Å². The van der Waals surface area contributed by atoms with Crippen LogP contribution >= 0.6 is 0 Å². The highest BCUT2D eigenvalue weighted by Crippen LogP contribution is 2.14. The van der Waals surface area contributed by atoms with Gasteiger partial charge in [0.1, 0.15) is 0 Å². The summed E-state index contributed by atoms with van der Waals surface area (Å²) in [5.41, 5.74) is 1.41. The van der Waals surface area contributed by atoms with Crippen LogP contribution in [0.3, 0.4) is 0 Å². The van der Waals surface area contributed by atoms with Crippen LogP contribution in [0.4, 0.5) is 0 Å². The van der Waals surface area contributed by atoms with Gasteiger partial charge in [0, 0.05) is 19.1 Å². The van der Waals surface area contributed by atoms with Crippen LogP contribution in [0.25, 0.3) is 0 Å². The van der Waals surface area contributed by atoms with Gasteiger partial charge in [0.2, 0.25) is 0 Å². The molecule has 0 aliphatic carbocycles. The summed E-state index contributed by atoms with van der Waals surface area (Å²) >= 11 is 0. The highest BCUT2D eigenvalue weighted by molar-refractivity contribution is 5.14. The molecule has 0 aliphatic heterocycles. The second-order valence-electron chi connectivity index (χ2n) is 5.56. The topological polar surface area (TPSA) is 15.3 Å². The molecule has 0 aliphatic rings. The van der Waals surface area contributed by atoms with Crippen molar-refractivity contribution in [3.63, 3.8) is 0 Å². The average Bonchev–Trinajstić information content (AvgIpc) is 2.42. The summed E-state index contributed by atoms with van der Waals surface area (Å²) in [6, 6.07) is 11.4. The smallest absolute Gasteiger partial charge is 0.0247 e. The van der Waals surface area contributed by atoms with Crippen LogP contribution in [0.5, 0.6) is 0 Å². The lowest BCUT2D eigenvalue weighted by Gasteiger charge is -2.34. The maximum absolute atomic E-state index is 3.58. The van der Waals surface area contributed by atoms with E-state index in [2.05, 4.69) is 68.2 Å². The number of hydrogen-bond donors (Lipinski definition) is 1. The predicted molar refractivity (Wildman–Crippen MR) is 84.3 cm³/mol. The number of likely N-dealkylation sites (N-methyl/N-ethyl adjacent to an activating group) is 1. The Labute approximate surface area is 119 Å². The molecule has 0 radical (unpaired) electrons. The molecule has 1 aromatic carbocycles. The monoisotopic (exact) mass is 262 g/mol. The van der Waals surface area contributed by atoms with Crippen molar-refractivity contribution >= 4 is 0 Å².